The van der Waals surface area contributed by atoms with Crippen molar-refractivity contribution in [2.75, 3.05) is 0 Å². The van der Waals surface area contributed by atoms with Crippen molar-refractivity contribution >= 4 is 0 Å². The largest absolute Gasteiger partial charge is 0.525 e. The molecule has 1 rings (SSSR count). The second-order valence-corrected chi connectivity index (χ2v) is 4.23. The van der Waals surface area contributed by atoms with Crippen LogP contribution in [0.1, 0.15) is 13.8 Å². The maximum atomic E-state index is 13.8. The molecule has 0 amide bonds. The van der Waals surface area contributed by atoms with Crippen molar-refractivity contribution in [3.63, 3.8) is 0 Å². The summed E-state index contributed by atoms with van der Waals surface area (Å²) in [6.07, 6.45) is -18.6. The van der Waals surface area contributed by atoms with E-state index in [1.165, 1.54) is 0 Å². The maximum Gasteiger partial charge on any atom is 0.525 e. The smallest absolute Gasteiger partial charge is 0.297 e. The Morgan fingerprint density at radius 3 is 1.38 bits per heavy atom. The first-order valence-electron chi connectivity index (χ1n) is 4.86. The van der Waals surface area contributed by atoms with Gasteiger partial charge in [0, 0.05) is 6.92 Å². The van der Waals surface area contributed by atoms with Gasteiger partial charge in [0.1, 0.15) is 0 Å². The normalized spacial score (nSPS) is 34.3. The molecule has 1 aliphatic rings. The second kappa shape index (κ2) is 4.35. The fraction of sp³-hybridized carbons (Fsp3) is 1.00. The van der Waals surface area contributed by atoms with Crippen LogP contribution in [0.2, 0.25) is 0 Å². The van der Waals surface area contributed by atoms with Gasteiger partial charge in [0.2, 0.25) is 5.79 Å². The molecule has 2 unspecified atom stereocenters. The average molecular weight is 340 g/mol. The number of hydrogen-bond acceptors (Lipinski definition) is 3. The van der Waals surface area contributed by atoms with Crippen LogP contribution in [0, 0.1) is 0 Å². The molecular weight excluding hydrogens is 334 g/mol. The molecule has 1 heterocycles. The second-order valence-electron chi connectivity index (χ2n) is 4.23. The minimum atomic E-state index is -6.41. The zero-order valence-electron chi connectivity index (χ0n) is 10.0. The van der Waals surface area contributed by atoms with Gasteiger partial charge in [-0.05, 0) is 6.92 Å². The third-order valence-electron chi connectivity index (χ3n) is 2.54. The first-order valence-corrected chi connectivity index (χ1v) is 4.86. The molecule has 0 radical (unpaired) electrons. The van der Waals surface area contributed by atoms with Crippen LogP contribution < -0.4 is 0 Å². The average Bonchev–Trinajstić information content (AvgIpc) is 2.28. The van der Waals surface area contributed by atoms with Crippen molar-refractivity contribution in [2.24, 2.45) is 0 Å². The van der Waals surface area contributed by atoms with Crippen molar-refractivity contribution < 1.29 is 58.1 Å². The fourth-order valence-electron chi connectivity index (χ4n) is 1.47. The summed E-state index contributed by atoms with van der Waals surface area (Å²) in [6.45, 7) is -0.211. The molecule has 1 aliphatic heterocycles. The molecule has 0 aliphatic carbocycles. The van der Waals surface area contributed by atoms with Gasteiger partial charge in [-0.25, -0.2) is 4.39 Å². The molecule has 126 valence electrons. The Kier molecular flexibility index (Phi) is 3.78. The van der Waals surface area contributed by atoms with E-state index < -0.39 is 36.1 Å². The molecule has 3 nitrogen and oxygen atoms in total. The Balaban J connectivity index is 3.39. The lowest BCUT2D eigenvalue weighted by molar-refractivity contribution is -0.477. The first kappa shape index (κ1) is 18.2. The van der Waals surface area contributed by atoms with Crippen LogP contribution in [0.4, 0.5) is 43.9 Å². The van der Waals surface area contributed by atoms with E-state index in [0.29, 0.717) is 0 Å². The third kappa shape index (κ3) is 2.90. The summed E-state index contributed by atoms with van der Waals surface area (Å²) < 4.78 is 135. The zero-order valence-corrected chi connectivity index (χ0v) is 10.0. The van der Waals surface area contributed by atoms with Crippen molar-refractivity contribution in [3.8, 4) is 0 Å². The third-order valence-corrected chi connectivity index (χ3v) is 2.54. The van der Waals surface area contributed by atoms with Crippen LogP contribution in [0.5, 0.6) is 0 Å². The van der Waals surface area contributed by atoms with Crippen molar-refractivity contribution in [3.05, 3.63) is 0 Å². The van der Waals surface area contributed by atoms with E-state index in [1.54, 1.807) is 0 Å². The van der Waals surface area contributed by atoms with Crippen LogP contribution >= 0.6 is 0 Å². The topological polar surface area (TPSA) is 27.7 Å². The molecular formula is C8H6F10O3. The van der Waals surface area contributed by atoms with Gasteiger partial charge in [0.15, 0.2) is 0 Å². The molecule has 0 aromatic heterocycles. The van der Waals surface area contributed by atoms with Crippen molar-refractivity contribution in [1.29, 1.82) is 0 Å². The number of hydrogen-bond donors (Lipinski definition) is 0. The van der Waals surface area contributed by atoms with Gasteiger partial charge in [0.25, 0.3) is 5.85 Å². The molecule has 1 fully saturated rings. The Bertz CT molecular complexity index is 394. The van der Waals surface area contributed by atoms with Crippen molar-refractivity contribution in [2.45, 2.75) is 50.0 Å². The van der Waals surface area contributed by atoms with Gasteiger partial charge < -0.3 is 0 Å². The minimum Gasteiger partial charge on any atom is -0.297 e. The summed E-state index contributed by atoms with van der Waals surface area (Å²) in [6, 6.07) is 0. The molecule has 21 heavy (non-hydrogen) atoms. The van der Waals surface area contributed by atoms with E-state index >= 15 is 0 Å². The summed E-state index contributed by atoms with van der Waals surface area (Å²) in [5.74, 6) is -13.8. The highest BCUT2D eigenvalue weighted by Gasteiger charge is 2.85. The summed E-state index contributed by atoms with van der Waals surface area (Å²) in [4.78, 5) is 0. The highest BCUT2D eigenvalue weighted by Crippen LogP contribution is 2.59. The molecule has 13 heteroatoms. The van der Waals surface area contributed by atoms with Gasteiger partial charge in [-0.2, -0.15) is 26.3 Å². The highest BCUT2D eigenvalue weighted by atomic mass is 19.4. The summed E-state index contributed by atoms with van der Waals surface area (Å²) in [5.41, 5.74) is 0. The lowest BCUT2D eigenvalue weighted by atomic mass is 10.2. The molecule has 0 N–H and O–H groups in total. The van der Waals surface area contributed by atoms with Crippen LogP contribution in [-0.4, -0.2) is 36.1 Å². The van der Waals surface area contributed by atoms with Crippen LogP contribution in [0.15, 0.2) is 0 Å². The molecule has 0 spiro atoms. The SMILES string of the molecule is CC1(F)OC(C(F)(F)F)(C(F)(F)F)OC1(C)OC(F)(F)F. The molecule has 0 bridgehead atoms. The Morgan fingerprint density at radius 2 is 1.14 bits per heavy atom. The van der Waals surface area contributed by atoms with E-state index in [1.807, 2.05) is 0 Å². The standard InChI is InChI=1S/C8H6F10O3/c1-3(9)4(2,21-8(16,17)18)20-5(19-3,6(10,11)12)7(13,14)15/h1-2H3. The Labute approximate surface area is 109 Å². The van der Waals surface area contributed by atoms with Gasteiger partial charge >= 0.3 is 24.5 Å². The quantitative estimate of drug-likeness (QED) is 0.680. The maximum absolute atomic E-state index is 13.8. The lowest BCUT2D eigenvalue weighted by Gasteiger charge is -2.33. The van der Waals surface area contributed by atoms with Gasteiger partial charge in [-0.15, -0.1) is 13.2 Å². The van der Waals surface area contributed by atoms with E-state index in [-0.39, 0.29) is 13.8 Å². The van der Waals surface area contributed by atoms with E-state index in [0.717, 1.165) is 0 Å². The molecule has 0 saturated carbocycles. The van der Waals surface area contributed by atoms with E-state index in [2.05, 4.69) is 14.2 Å². The number of halogens is 10. The fourth-order valence-corrected chi connectivity index (χ4v) is 1.47. The van der Waals surface area contributed by atoms with Gasteiger partial charge in [0.05, 0.1) is 0 Å². The number of rotatable bonds is 1. The minimum absolute atomic E-state index is 0.0975. The van der Waals surface area contributed by atoms with Gasteiger partial charge in [-0.1, -0.05) is 0 Å². The van der Waals surface area contributed by atoms with Gasteiger partial charge in [-0.3, -0.25) is 14.2 Å². The van der Waals surface area contributed by atoms with Crippen LogP contribution in [0.25, 0.3) is 0 Å². The predicted octanol–water partition coefficient (Wildman–Crippen LogP) is 3.79. The summed E-state index contributed by atoms with van der Waals surface area (Å²) in [7, 11) is 0. The highest BCUT2D eigenvalue weighted by molar-refractivity contribution is 5.00. The molecule has 0 aromatic carbocycles. The molecule has 2 atom stereocenters. The summed E-state index contributed by atoms with van der Waals surface area (Å²) in [5, 5.41) is 0. The van der Waals surface area contributed by atoms with Crippen LogP contribution in [-0.2, 0) is 14.2 Å². The lowest BCUT2D eigenvalue weighted by Crippen LogP contribution is -2.59. The monoisotopic (exact) mass is 340 g/mol. The van der Waals surface area contributed by atoms with Crippen LogP contribution in [0.3, 0.4) is 0 Å². The predicted molar refractivity (Wildman–Crippen MR) is 42.1 cm³/mol. The number of ether oxygens (including phenoxy) is 3. The Hall–Kier alpha value is -0.820. The summed E-state index contributed by atoms with van der Waals surface area (Å²) >= 11 is 0. The molecule has 0 aromatic rings. The molecule has 1 saturated heterocycles. The Morgan fingerprint density at radius 1 is 0.762 bits per heavy atom. The van der Waals surface area contributed by atoms with E-state index in [9.17, 15) is 43.9 Å². The van der Waals surface area contributed by atoms with E-state index in [4.69, 9.17) is 0 Å². The zero-order chi connectivity index (χ0) is 17.1. The first-order chi connectivity index (χ1) is 8.87. The number of alkyl halides is 10. The van der Waals surface area contributed by atoms with Crippen molar-refractivity contribution in [1.82, 2.24) is 0 Å².